The largest absolute Gasteiger partial charge is 0.388 e. The summed E-state index contributed by atoms with van der Waals surface area (Å²) in [4.78, 5) is 8.39. The number of halogens is 1. The molecule has 15 heavy (non-hydrogen) atoms. The molecule has 2 aromatic heterocycles. The van der Waals surface area contributed by atoms with Gasteiger partial charge in [0, 0.05) is 12.4 Å². The van der Waals surface area contributed by atoms with Gasteiger partial charge in [-0.25, -0.2) is 9.97 Å². The van der Waals surface area contributed by atoms with Crippen molar-refractivity contribution in [3.8, 4) is 5.82 Å². The average molecular weight is 283 g/mol. The van der Waals surface area contributed by atoms with E-state index in [4.69, 9.17) is 18.0 Å². The highest BCUT2D eigenvalue weighted by Gasteiger charge is 2.09. The van der Waals surface area contributed by atoms with Crippen LogP contribution in [0.15, 0.2) is 35.3 Å². The van der Waals surface area contributed by atoms with Crippen molar-refractivity contribution < 1.29 is 0 Å². The monoisotopic (exact) mass is 282 g/mol. The number of rotatable bonds is 2. The maximum atomic E-state index is 5.60. The topological polar surface area (TPSA) is 56.7 Å². The molecule has 0 aliphatic heterocycles. The molecule has 0 aliphatic rings. The highest BCUT2D eigenvalue weighted by atomic mass is 79.9. The summed E-state index contributed by atoms with van der Waals surface area (Å²) in [7, 11) is 0. The van der Waals surface area contributed by atoms with Gasteiger partial charge in [-0.15, -0.1) is 0 Å². The third-order valence-corrected chi connectivity index (χ3v) is 2.65. The molecule has 0 saturated heterocycles. The molecule has 0 spiro atoms. The minimum atomic E-state index is 0.338. The quantitative estimate of drug-likeness (QED) is 0.852. The van der Waals surface area contributed by atoms with E-state index >= 15 is 0 Å². The molecule has 6 heteroatoms. The second-order valence-corrected chi connectivity index (χ2v) is 4.12. The zero-order valence-electron chi connectivity index (χ0n) is 7.59. The van der Waals surface area contributed by atoms with Crippen molar-refractivity contribution in [2.24, 2.45) is 5.73 Å². The van der Waals surface area contributed by atoms with Crippen molar-refractivity contribution in [3.63, 3.8) is 0 Å². The molecule has 0 radical (unpaired) electrons. The lowest BCUT2D eigenvalue weighted by Gasteiger charge is -2.07. The lowest BCUT2D eigenvalue weighted by atomic mass is 10.4. The Labute approximate surface area is 100 Å². The van der Waals surface area contributed by atoms with Crippen LogP contribution in [0.4, 0.5) is 0 Å². The van der Waals surface area contributed by atoms with E-state index in [2.05, 4.69) is 25.9 Å². The molecule has 0 amide bonds. The fourth-order valence-electron chi connectivity index (χ4n) is 1.25. The summed E-state index contributed by atoms with van der Waals surface area (Å²) in [5, 5.41) is 0. The van der Waals surface area contributed by atoms with Crippen LogP contribution in [0, 0.1) is 0 Å². The number of aromatic nitrogens is 3. The van der Waals surface area contributed by atoms with Crippen molar-refractivity contribution in [1.29, 1.82) is 0 Å². The second-order valence-electron chi connectivity index (χ2n) is 2.82. The predicted molar refractivity (Wildman–Crippen MR) is 64.9 cm³/mol. The Bertz CT molecular complexity index is 508. The number of hydrogen-bond donors (Lipinski definition) is 1. The van der Waals surface area contributed by atoms with Crippen LogP contribution in [0.2, 0.25) is 0 Å². The van der Waals surface area contributed by atoms with Gasteiger partial charge in [-0.3, -0.25) is 4.57 Å². The zero-order valence-corrected chi connectivity index (χ0v) is 9.99. The molecule has 2 heterocycles. The van der Waals surface area contributed by atoms with Crippen LogP contribution in [0.25, 0.3) is 5.82 Å². The van der Waals surface area contributed by atoms with Crippen molar-refractivity contribution in [1.82, 2.24) is 14.5 Å². The molecule has 0 saturated carbocycles. The average Bonchev–Trinajstić information content (AvgIpc) is 2.67. The van der Waals surface area contributed by atoms with Crippen LogP contribution in [-0.4, -0.2) is 19.5 Å². The third kappa shape index (κ3) is 1.91. The van der Waals surface area contributed by atoms with Crippen molar-refractivity contribution >= 4 is 33.1 Å². The molecule has 2 rings (SSSR count). The van der Waals surface area contributed by atoms with Crippen molar-refractivity contribution in [3.05, 3.63) is 41.0 Å². The van der Waals surface area contributed by atoms with E-state index in [1.54, 1.807) is 6.20 Å². The summed E-state index contributed by atoms with van der Waals surface area (Å²) in [5.74, 6) is 0.720. The van der Waals surface area contributed by atoms with Crippen molar-refractivity contribution in [2.45, 2.75) is 0 Å². The Morgan fingerprint density at radius 3 is 3.00 bits per heavy atom. The Balaban J connectivity index is 2.59. The normalized spacial score (nSPS) is 10.2. The minimum absolute atomic E-state index is 0.338. The van der Waals surface area contributed by atoms with Crippen LogP contribution in [-0.2, 0) is 0 Å². The Morgan fingerprint density at radius 1 is 1.53 bits per heavy atom. The van der Waals surface area contributed by atoms with E-state index in [1.165, 1.54) is 6.33 Å². The molecule has 0 aliphatic carbocycles. The molecule has 0 atom stereocenters. The highest BCUT2D eigenvalue weighted by Crippen LogP contribution is 2.18. The number of hydrogen-bond acceptors (Lipinski definition) is 3. The fraction of sp³-hybridized carbons (Fsp3) is 0. The van der Waals surface area contributed by atoms with Gasteiger partial charge in [0.15, 0.2) is 5.82 Å². The number of nitrogens with zero attached hydrogens (tertiary/aromatic N) is 3. The predicted octanol–water partition coefficient (Wildman–Crippen LogP) is 1.66. The Kier molecular flexibility index (Phi) is 2.79. The number of nitrogens with two attached hydrogens (primary N) is 1. The molecular weight excluding hydrogens is 276 g/mol. The highest BCUT2D eigenvalue weighted by molar-refractivity contribution is 9.10. The van der Waals surface area contributed by atoms with Crippen LogP contribution < -0.4 is 5.73 Å². The van der Waals surface area contributed by atoms with Crippen LogP contribution in [0.3, 0.4) is 0 Å². The maximum Gasteiger partial charge on any atom is 0.154 e. The summed E-state index contributed by atoms with van der Waals surface area (Å²) < 4.78 is 2.60. The lowest BCUT2D eigenvalue weighted by molar-refractivity contribution is 0.962. The first-order valence-corrected chi connectivity index (χ1v) is 5.33. The molecule has 2 aromatic rings. The zero-order chi connectivity index (χ0) is 10.8. The third-order valence-electron chi connectivity index (χ3n) is 1.88. The van der Waals surface area contributed by atoms with Gasteiger partial charge >= 0.3 is 0 Å². The maximum absolute atomic E-state index is 5.60. The van der Waals surface area contributed by atoms with E-state index in [1.807, 2.05) is 22.9 Å². The SMILES string of the molecule is NC(=S)c1cccn1-c1ncncc1Br. The Hall–Kier alpha value is -1.27. The standard InChI is InChI=1S/C9H7BrN4S/c10-6-4-12-5-13-9(6)14-3-1-2-7(14)8(11)15/h1-5H,(H2,11,15). The molecule has 4 nitrogen and oxygen atoms in total. The summed E-state index contributed by atoms with van der Waals surface area (Å²) in [6, 6.07) is 3.71. The van der Waals surface area contributed by atoms with Gasteiger partial charge < -0.3 is 5.73 Å². The summed E-state index contributed by atoms with van der Waals surface area (Å²) >= 11 is 8.32. The van der Waals surface area contributed by atoms with Crippen LogP contribution >= 0.6 is 28.1 Å². The van der Waals surface area contributed by atoms with Gasteiger partial charge in [0.25, 0.3) is 0 Å². The summed E-state index contributed by atoms with van der Waals surface area (Å²) in [6.07, 6.45) is 5.00. The van der Waals surface area contributed by atoms with Crippen molar-refractivity contribution in [2.75, 3.05) is 0 Å². The Morgan fingerprint density at radius 2 is 2.33 bits per heavy atom. The van der Waals surface area contributed by atoms with Gasteiger partial charge in [0.2, 0.25) is 0 Å². The van der Waals surface area contributed by atoms with E-state index in [9.17, 15) is 0 Å². The van der Waals surface area contributed by atoms with Crippen LogP contribution in [0.5, 0.6) is 0 Å². The minimum Gasteiger partial charge on any atom is -0.388 e. The van der Waals surface area contributed by atoms with Gasteiger partial charge in [0.05, 0.1) is 10.2 Å². The molecule has 0 bridgehead atoms. The molecule has 76 valence electrons. The smallest absolute Gasteiger partial charge is 0.154 e. The molecule has 0 fully saturated rings. The lowest BCUT2D eigenvalue weighted by Crippen LogP contribution is -2.15. The van der Waals surface area contributed by atoms with E-state index in [-0.39, 0.29) is 0 Å². The van der Waals surface area contributed by atoms with E-state index in [0.29, 0.717) is 4.99 Å². The molecular formula is C9H7BrN4S. The molecule has 2 N–H and O–H groups in total. The van der Waals surface area contributed by atoms with Gasteiger partial charge in [-0.05, 0) is 28.1 Å². The summed E-state index contributed by atoms with van der Waals surface area (Å²) in [6.45, 7) is 0. The van der Waals surface area contributed by atoms with Gasteiger partial charge in [-0.1, -0.05) is 12.2 Å². The fourth-order valence-corrected chi connectivity index (χ4v) is 1.83. The van der Waals surface area contributed by atoms with Crippen LogP contribution in [0.1, 0.15) is 5.69 Å². The first-order valence-electron chi connectivity index (χ1n) is 4.13. The first-order chi connectivity index (χ1) is 7.20. The molecule has 0 unspecified atom stereocenters. The van der Waals surface area contributed by atoms with Gasteiger partial charge in [-0.2, -0.15) is 0 Å². The first kappa shape index (κ1) is 10.3. The second kappa shape index (κ2) is 4.08. The van der Waals surface area contributed by atoms with E-state index in [0.717, 1.165) is 16.0 Å². The van der Waals surface area contributed by atoms with Gasteiger partial charge in [0.1, 0.15) is 11.3 Å². The summed E-state index contributed by atoms with van der Waals surface area (Å²) in [5.41, 5.74) is 6.35. The molecule has 0 aromatic carbocycles. The van der Waals surface area contributed by atoms with E-state index < -0.39 is 0 Å². The number of thiocarbonyl (C=S) groups is 1.